The molecule has 6 heteroatoms. The van der Waals surface area contributed by atoms with Gasteiger partial charge in [0.15, 0.2) is 5.78 Å². The minimum Gasteiger partial charge on any atom is -0.493 e. The number of aromatic amines is 1. The third kappa shape index (κ3) is 3.93. The third-order valence-corrected chi connectivity index (χ3v) is 4.94. The van der Waals surface area contributed by atoms with Crippen LogP contribution in [-0.2, 0) is 6.42 Å². The SMILES string of the molecule is Cc1c(C(=O)N(C)CCCOc2cccc(Cl)c2)[nH]c2c1C(=O)CCC2. The van der Waals surface area contributed by atoms with Crippen LogP contribution in [-0.4, -0.2) is 41.8 Å². The van der Waals surface area contributed by atoms with Crippen molar-refractivity contribution in [3.63, 3.8) is 0 Å². The lowest BCUT2D eigenvalue weighted by atomic mass is 9.94. The smallest absolute Gasteiger partial charge is 0.270 e. The number of carbonyl (C=O) groups is 2. The van der Waals surface area contributed by atoms with E-state index in [1.807, 2.05) is 19.1 Å². The lowest BCUT2D eigenvalue weighted by Crippen LogP contribution is -2.29. The second-order valence-corrected chi connectivity index (χ2v) is 7.08. The number of benzene rings is 1. The first-order valence-corrected chi connectivity index (χ1v) is 9.23. The molecule has 5 nitrogen and oxygen atoms in total. The average molecular weight is 375 g/mol. The van der Waals surface area contributed by atoms with E-state index in [9.17, 15) is 9.59 Å². The Morgan fingerprint density at radius 3 is 2.88 bits per heavy atom. The Labute approximate surface area is 158 Å². The molecule has 3 rings (SSSR count). The number of carbonyl (C=O) groups excluding carboxylic acids is 2. The predicted octanol–water partition coefficient (Wildman–Crippen LogP) is 4.04. The Hall–Kier alpha value is -2.27. The highest BCUT2D eigenvalue weighted by molar-refractivity contribution is 6.30. The molecule has 1 N–H and O–H groups in total. The van der Waals surface area contributed by atoms with Crippen molar-refractivity contribution in [2.45, 2.75) is 32.6 Å². The molecule has 1 aliphatic rings. The van der Waals surface area contributed by atoms with Crippen molar-refractivity contribution in [2.75, 3.05) is 20.2 Å². The van der Waals surface area contributed by atoms with Gasteiger partial charge in [0.2, 0.25) is 0 Å². The summed E-state index contributed by atoms with van der Waals surface area (Å²) in [6, 6.07) is 7.25. The lowest BCUT2D eigenvalue weighted by Gasteiger charge is -2.17. The van der Waals surface area contributed by atoms with Gasteiger partial charge in [-0.2, -0.15) is 0 Å². The van der Waals surface area contributed by atoms with Gasteiger partial charge in [-0.1, -0.05) is 17.7 Å². The van der Waals surface area contributed by atoms with E-state index < -0.39 is 0 Å². The molecular weight excluding hydrogens is 352 g/mol. The van der Waals surface area contributed by atoms with Gasteiger partial charge in [0.05, 0.1) is 6.61 Å². The maximum Gasteiger partial charge on any atom is 0.270 e. The third-order valence-electron chi connectivity index (χ3n) is 4.70. The first-order valence-electron chi connectivity index (χ1n) is 8.86. The first-order chi connectivity index (χ1) is 12.5. The van der Waals surface area contributed by atoms with E-state index in [1.165, 1.54) is 0 Å². The summed E-state index contributed by atoms with van der Waals surface area (Å²) in [6.07, 6.45) is 2.94. The molecule has 0 atom stereocenters. The van der Waals surface area contributed by atoms with Crippen molar-refractivity contribution in [1.29, 1.82) is 0 Å². The Kier molecular flexibility index (Phi) is 5.67. The number of H-pyrrole nitrogens is 1. The van der Waals surface area contributed by atoms with Crippen molar-refractivity contribution < 1.29 is 14.3 Å². The number of amides is 1. The van der Waals surface area contributed by atoms with Crippen LogP contribution in [0.1, 0.15) is 51.4 Å². The summed E-state index contributed by atoms with van der Waals surface area (Å²) in [5, 5.41) is 0.635. The maximum absolute atomic E-state index is 12.7. The molecule has 1 aliphatic carbocycles. The van der Waals surface area contributed by atoms with Crippen molar-refractivity contribution in [3.8, 4) is 5.75 Å². The molecule has 0 radical (unpaired) electrons. The number of aryl methyl sites for hydroxylation is 1. The number of nitrogens with zero attached hydrogens (tertiary/aromatic N) is 1. The van der Waals surface area contributed by atoms with Crippen LogP contribution in [0, 0.1) is 6.92 Å². The van der Waals surface area contributed by atoms with E-state index in [4.69, 9.17) is 16.3 Å². The van der Waals surface area contributed by atoms with Gasteiger partial charge in [-0.3, -0.25) is 9.59 Å². The van der Waals surface area contributed by atoms with Crippen molar-refractivity contribution >= 4 is 23.3 Å². The monoisotopic (exact) mass is 374 g/mol. The minimum absolute atomic E-state index is 0.0903. The molecule has 1 amide bonds. The zero-order valence-electron chi connectivity index (χ0n) is 15.1. The van der Waals surface area contributed by atoms with Gasteiger partial charge < -0.3 is 14.6 Å². The van der Waals surface area contributed by atoms with Gasteiger partial charge in [0, 0.05) is 36.3 Å². The summed E-state index contributed by atoms with van der Waals surface area (Å²) in [5.74, 6) is 0.766. The van der Waals surface area contributed by atoms with E-state index in [-0.39, 0.29) is 11.7 Å². The molecular formula is C20H23ClN2O3. The van der Waals surface area contributed by atoms with Crippen LogP contribution < -0.4 is 4.74 Å². The number of aromatic nitrogens is 1. The molecule has 0 saturated carbocycles. The number of hydrogen-bond donors (Lipinski definition) is 1. The molecule has 0 bridgehead atoms. The second kappa shape index (κ2) is 7.96. The van der Waals surface area contributed by atoms with Gasteiger partial charge in [-0.15, -0.1) is 0 Å². The minimum atomic E-state index is -0.0903. The average Bonchev–Trinajstić information content (AvgIpc) is 2.96. The number of Topliss-reactive ketones (excluding diaryl/α,β-unsaturated/α-hetero) is 1. The van der Waals surface area contributed by atoms with Gasteiger partial charge >= 0.3 is 0 Å². The Bertz CT molecular complexity index is 828. The standard InChI is InChI=1S/C20H23ClN2O3/c1-13-18-16(8-4-9-17(18)24)22-19(13)20(25)23(2)10-5-11-26-15-7-3-6-14(21)12-15/h3,6-7,12,22H,4-5,8-11H2,1-2H3. The fourth-order valence-corrected chi connectivity index (χ4v) is 3.51. The highest BCUT2D eigenvalue weighted by Crippen LogP contribution is 2.27. The molecule has 0 fully saturated rings. The van der Waals surface area contributed by atoms with Crippen LogP contribution in [0.4, 0.5) is 0 Å². The second-order valence-electron chi connectivity index (χ2n) is 6.64. The van der Waals surface area contributed by atoms with Gasteiger partial charge in [-0.05, 0) is 49.9 Å². The Morgan fingerprint density at radius 1 is 1.35 bits per heavy atom. The van der Waals surface area contributed by atoms with E-state index >= 15 is 0 Å². The molecule has 1 aromatic heterocycles. The summed E-state index contributed by atoms with van der Waals surface area (Å²) in [5.41, 5.74) is 2.93. The predicted molar refractivity (Wildman–Crippen MR) is 101 cm³/mol. The van der Waals surface area contributed by atoms with Crippen molar-refractivity contribution in [1.82, 2.24) is 9.88 Å². The van der Waals surface area contributed by atoms with E-state index in [2.05, 4.69) is 4.98 Å². The van der Waals surface area contributed by atoms with E-state index in [1.54, 1.807) is 24.1 Å². The van der Waals surface area contributed by atoms with Gasteiger partial charge in [0.1, 0.15) is 11.4 Å². The molecule has 0 saturated heterocycles. The molecule has 138 valence electrons. The topological polar surface area (TPSA) is 62.4 Å². The highest BCUT2D eigenvalue weighted by Gasteiger charge is 2.27. The van der Waals surface area contributed by atoms with Gasteiger partial charge in [-0.25, -0.2) is 0 Å². The molecule has 2 aromatic rings. The molecule has 1 heterocycles. The molecule has 0 spiro atoms. The number of fused-ring (bicyclic) bond motifs is 1. The Morgan fingerprint density at radius 2 is 2.15 bits per heavy atom. The van der Waals surface area contributed by atoms with Crippen LogP contribution in [0.2, 0.25) is 5.02 Å². The number of ketones is 1. The summed E-state index contributed by atoms with van der Waals surface area (Å²) in [6.45, 7) is 2.91. The van der Waals surface area contributed by atoms with Crippen LogP contribution in [0.3, 0.4) is 0 Å². The number of ether oxygens (including phenoxy) is 1. The summed E-state index contributed by atoms with van der Waals surface area (Å²) in [7, 11) is 1.77. The van der Waals surface area contributed by atoms with E-state index in [0.29, 0.717) is 36.7 Å². The highest BCUT2D eigenvalue weighted by atomic mass is 35.5. The van der Waals surface area contributed by atoms with Crippen molar-refractivity contribution in [2.24, 2.45) is 0 Å². The number of nitrogens with one attached hydrogen (secondary N) is 1. The fraction of sp³-hybridized carbons (Fsp3) is 0.400. The zero-order chi connectivity index (χ0) is 18.7. The molecule has 0 unspecified atom stereocenters. The largest absolute Gasteiger partial charge is 0.493 e. The van der Waals surface area contributed by atoms with E-state index in [0.717, 1.165) is 35.4 Å². The summed E-state index contributed by atoms with van der Waals surface area (Å²) < 4.78 is 5.65. The van der Waals surface area contributed by atoms with Crippen LogP contribution in [0.25, 0.3) is 0 Å². The maximum atomic E-state index is 12.7. The Balaban J connectivity index is 1.56. The van der Waals surface area contributed by atoms with Crippen molar-refractivity contribution in [3.05, 3.63) is 51.8 Å². The normalized spacial score (nSPS) is 13.4. The molecule has 26 heavy (non-hydrogen) atoms. The van der Waals surface area contributed by atoms with Crippen LogP contribution >= 0.6 is 11.6 Å². The summed E-state index contributed by atoms with van der Waals surface area (Å²) in [4.78, 5) is 29.7. The van der Waals surface area contributed by atoms with Gasteiger partial charge in [0.25, 0.3) is 5.91 Å². The zero-order valence-corrected chi connectivity index (χ0v) is 15.9. The van der Waals surface area contributed by atoms with Crippen LogP contribution in [0.5, 0.6) is 5.75 Å². The first kappa shape index (κ1) is 18.5. The molecule has 0 aliphatic heterocycles. The summed E-state index contributed by atoms with van der Waals surface area (Å²) >= 11 is 5.93. The fourth-order valence-electron chi connectivity index (χ4n) is 3.33. The lowest BCUT2D eigenvalue weighted by molar-refractivity contribution is 0.0782. The number of halogens is 1. The molecule has 1 aromatic carbocycles. The number of rotatable bonds is 6. The quantitative estimate of drug-likeness (QED) is 0.776. The number of hydrogen-bond acceptors (Lipinski definition) is 3. The van der Waals surface area contributed by atoms with Crippen LogP contribution in [0.15, 0.2) is 24.3 Å².